The van der Waals surface area contributed by atoms with E-state index in [4.69, 9.17) is 5.26 Å². The van der Waals surface area contributed by atoms with E-state index >= 15 is 0 Å². The topological polar surface area (TPSA) is 48.7 Å². The second kappa shape index (κ2) is 5.90. The molecule has 0 aliphatic carbocycles. The van der Waals surface area contributed by atoms with Crippen molar-refractivity contribution in [2.75, 3.05) is 13.6 Å². The number of pyridine rings is 1. The van der Waals surface area contributed by atoms with Crippen molar-refractivity contribution < 1.29 is 0 Å². The molecule has 1 N–H and O–H groups in total. The van der Waals surface area contributed by atoms with E-state index in [1.807, 2.05) is 19.2 Å². The van der Waals surface area contributed by atoms with E-state index in [2.05, 4.69) is 22.4 Å². The fraction of sp³-hybridized carbons (Fsp3) is 0.273. The zero-order valence-electron chi connectivity index (χ0n) is 8.20. The molecule has 0 aliphatic heterocycles. The second-order valence-corrected chi connectivity index (χ2v) is 2.91. The largest absolute Gasteiger partial charge is 0.319 e. The average Bonchev–Trinajstić information content (AvgIpc) is 2.25. The van der Waals surface area contributed by atoms with Gasteiger partial charge in [0.15, 0.2) is 0 Å². The lowest BCUT2D eigenvalue weighted by Gasteiger charge is -1.94. The van der Waals surface area contributed by atoms with Crippen LogP contribution < -0.4 is 5.32 Å². The third-order valence-electron chi connectivity index (χ3n) is 1.76. The zero-order chi connectivity index (χ0) is 10.2. The molecular weight excluding hydrogens is 174 g/mol. The molecule has 1 rings (SSSR count). The van der Waals surface area contributed by atoms with Crippen LogP contribution in [-0.2, 0) is 0 Å². The molecular formula is C11H13N3. The van der Waals surface area contributed by atoms with Gasteiger partial charge in [-0.25, -0.2) is 0 Å². The van der Waals surface area contributed by atoms with E-state index in [1.54, 1.807) is 12.4 Å². The Hall–Kier alpha value is -1.66. The number of hydrogen-bond donors (Lipinski definition) is 1. The highest BCUT2D eigenvalue weighted by molar-refractivity contribution is 5.50. The van der Waals surface area contributed by atoms with Crippen LogP contribution in [0.15, 0.2) is 24.5 Å². The highest BCUT2D eigenvalue weighted by Crippen LogP contribution is 2.03. The number of nitrogens with zero attached hydrogens (tertiary/aromatic N) is 2. The van der Waals surface area contributed by atoms with Crippen molar-refractivity contribution in [2.45, 2.75) is 6.42 Å². The van der Waals surface area contributed by atoms with Gasteiger partial charge in [-0.15, -0.1) is 0 Å². The minimum absolute atomic E-state index is 0.598. The summed E-state index contributed by atoms with van der Waals surface area (Å²) in [6, 6.07) is 3.88. The lowest BCUT2D eigenvalue weighted by molar-refractivity contribution is 0.809. The summed E-state index contributed by atoms with van der Waals surface area (Å²) in [5.41, 5.74) is 1.57. The van der Waals surface area contributed by atoms with Gasteiger partial charge in [0.1, 0.15) is 6.07 Å². The lowest BCUT2D eigenvalue weighted by atomic mass is 10.2. The molecule has 72 valence electrons. The standard InChI is InChI=1S/C11H13N3/c1-13-5-3-2-4-10-6-11(7-12)9-14-8-10/h2,4,6,8-9,13H,3,5H2,1H3. The number of nitrogens with one attached hydrogen (secondary N) is 1. The number of rotatable bonds is 4. The molecule has 0 unspecified atom stereocenters. The summed E-state index contributed by atoms with van der Waals surface area (Å²) in [6.45, 7) is 0.960. The molecule has 1 aromatic rings. The molecule has 1 heterocycles. The molecule has 0 saturated carbocycles. The summed E-state index contributed by atoms with van der Waals surface area (Å²) in [5.74, 6) is 0. The van der Waals surface area contributed by atoms with Crippen LogP contribution in [0, 0.1) is 11.3 Å². The zero-order valence-corrected chi connectivity index (χ0v) is 8.20. The number of nitriles is 1. The number of aromatic nitrogens is 1. The van der Waals surface area contributed by atoms with E-state index < -0.39 is 0 Å². The van der Waals surface area contributed by atoms with Crippen LogP contribution in [0.4, 0.5) is 0 Å². The van der Waals surface area contributed by atoms with Gasteiger partial charge >= 0.3 is 0 Å². The molecule has 0 saturated heterocycles. The van der Waals surface area contributed by atoms with Crippen molar-refractivity contribution in [3.05, 3.63) is 35.7 Å². The molecule has 14 heavy (non-hydrogen) atoms. The fourth-order valence-electron chi connectivity index (χ4n) is 1.06. The molecule has 0 atom stereocenters. The first-order chi connectivity index (χ1) is 6.86. The van der Waals surface area contributed by atoms with E-state index in [0.717, 1.165) is 18.5 Å². The highest BCUT2D eigenvalue weighted by Gasteiger charge is 1.91. The summed E-state index contributed by atoms with van der Waals surface area (Å²) in [7, 11) is 1.92. The Labute approximate surface area is 84.1 Å². The SMILES string of the molecule is CNCCC=Cc1cncc(C#N)c1. The summed E-state index contributed by atoms with van der Waals surface area (Å²) in [5, 5.41) is 11.7. The van der Waals surface area contributed by atoms with Crippen LogP contribution in [0.25, 0.3) is 6.08 Å². The van der Waals surface area contributed by atoms with Gasteiger partial charge in [-0.2, -0.15) is 5.26 Å². The molecule has 0 fully saturated rings. The molecule has 0 aliphatic rings. The first-order valence-electron chi connectivity index (χ1n) is 4.53. The summed E-state index contributed by atoms with van der Waals surface area (Å²) in [6.07, 6.45) is 8.33. The van der Waals surface area contributed by atoms with E-state index in [0.29, 0.717) is 5.56 Å². The molecule has 1 aromatic heterocycles. The van der Waals surface area contributed by atoms with Gasteiger partial charge in [0.2, 0.25) is 0 Å². The quantitative estimate of drug-likeness (QED) is 0.728. The minimum atomic E-state index is 0.598. The molecule has 0 radical (unpaired) electrons. The smallest absolute Gasteiger partial charge is 0.101 e. The van der Waals surface area contributed by atoms with Crippen LogP contribution in [-0.4, -0.2) is 18.6 Å². The van der Waals surface area contributed by atoms with E-state index in [-0.39, 0.29) is 0 Å². The van der Waals surface area contributed by atoms with E-state index in [1.165, 1.54) is 0 Å². The van der Waals surface area contributed by atoms with Crippen LogP contribution in [0.1, 0.15) is 17.5 Å². The molecule has 3 nitrogen and oxygen atoms in total. The summed E-state index contributed by atoms with van der Waals surface area (Å²) in [4.78, 5) is 3.96. The molecule has 0 bridgehead atoms. The maximum Gasteiger partial charge on any atom is 0.101 e. The van der Waals surface area contributed by atoms with Crippen molar-refractivity contribution in [3.63, 3.8) is 0 Å². The Morgan fingerprint density at radius 1 is 1.57 bits per heavy atom. The van der Waals surface area contributed by atoms with Crippen molar-refractivity contribution in [1.29, 1.82) is 5.26 Å². The highest BCUT2D eigenvalue weighted by atomic mass is 14.8. The predicted molar refractivity (Wildman–Crippen MR) is 56.5 cm³/mol. The van der Waals surface area contributed by atoms with Crippen molar-refractivity contribution in [3.8, 4) is 6.07 Å². The van der Waals surface area contributed by atoms with Crippen LogP contribution in [0.2, 0.25) is 0 Å². The Bertz CT molecular complexity index is 350. The van der Waals surface area contributed by atoms with Gasteiger partial charge in [0.25, 0.3) is 0 Å². The summed E-state index contributed by atoms with van der Waals surface area (Å²) < 4.78 is 0. The maximum absolute atomic E-state index is 8.65. The Balaban J connectivity index is 2.59. The van der Waals surface area contributed by atoms with Gasteiger partial charge in [0.05, 0.1) is 5.56 Å². The van der Waals surface area contributed by atoms with E-state index in [9.17, 15) is 0 Å². The minimum Gasteiger partial charge on any atom is -0.319 e. The Kier molecular flexibility index (Phi) is 4.39. The lowest BCUT2D eigenvalue weighted by Crippen LogP contribution is -2.05. The van der Waals surface area contributed by atoms with Gasteiger partial charge in [-0.05, 0) is 31.6 Å². The summed E-state index contributed by atoms with van der Waals surface area (Å²) >= 11 is 0. The van der Waals surface area contributed by atoms with Crippen LogP contribution in [0.3, 0.4) is 0 Å². The Morgan fingerprint density at radius 2 is 2.43 bits per heavy atom. The average molecular weight is 187 g/mol. The molecule has 0 spiro atoms. The normalized spacial score (nSPS) is 10.3. The Morgan fingerprint density at radius 3 is 3.14 bits per heavy atom. The van der Waals surface area contributed by atoms with Gasteiger partial charge in [-0.3, -0.25) is 4.98 Å². The maximum atomic E-state index is 8.65. The first kappa shape index (κ1) is 10.4. The first-order valence-corrected chi connectivity index (χ1v) is 4.53. The fourth-order valence-corrected chi connectivity index (χ4v) is 1.06. The van der Waals surface area contributed by atoms with Gasteiger partial charge in [0, 0.05) is 12.4 Å². The monoisotopic (exact) mass is 187 g/mol. The second-order valence-electron chi connectivity index (χ2n) is 2.91. The molecule has 0 aromatic carbocycles. The third kappa shape index (κ3) is 3.38. The third-order valence-corrected chi connectivity index (χ3v) is 1.76. The van der Waals surface area contributed by atoms with Crippen molar-refractivity contribution >= 4 is 6.08 Å². The van der Waals surface area contributed by atoms with Crippen LogP contribution in [0.5, 0.6) is 0 Å². The van der Waals surface area contributed by atoms with Gasteiger partial charge in [-0.1, -0.05) is 12.2 Å². The molecule has 0 amide bonds. The van der Waals surface area contributed by atoms with Gasteiger partial charge < -0.3 is 5.32 Å². The molecule has 3 heteroatoms. The van der Waals surface area contributed by atoms with Crippen molar-refractivity contribution in [2.24, 2.45) is 0 Å². The van der Waals surface area contributed by atoms with Crippen LogP contribution >= 0.6 is 0 Å². The number of hydrogen-bond acceptors (Lipinski definition) is 3. The van der Waals surface area contributed by atoms with Crippen molar-refractivity contribution in [1.82, 2.24) is 10.3 Å². The predicted octanol–water partition coefficient (Wildman–Crippen LogP) is 1.58.